The van der Waals surface area contributed by atoms with E-state index in [9.17, 15) is 8.42 Å². The largest absolute Gasteiger partial charge is 0.319 e. The van der Waals surface area contributed by atoms with Crippen molar-refractivity contribution in [2.45, 2.75) is 11.3 Å². The van der Waals surface area contributed by atoms with Gasteiger partial charge in [-0.1, -0.05) is 17.7 Å². The van der Waals surface area contributed by atoms with Crippen molar-refractivity contribution in [2.24, 2.45) is 5.92 Å². The Morgan fingerprint density at radius 2 is 2.21 bits per heavy atom. The third-order valence-electron chi connectivity index (χ3n) is 3.18. The molecule has 1 aromatic carbocycles. The summed E-state index contributed by atoms with van der Waals surface area (Å²) in [6, 6.07) is 6.43. The van der Waals surface area contributed by atoms with E-state index in [1.807, 2.05) is 7.05 Å². The van der Waals surface area contributed by atoms with Crippen molar-refractivity contribution in [1.29, 1.82) is 0 Å². The average molecular weight is 325 g/mol. The van der Waals surface area contributed by atoms with Gasteiger partial charge in [0.25, 0.3) is 0 Å². The Labute approximate surface area is 125 Å². The zero-order valence-corrected chi connectivity index (χ0v) is 13.1. The summed E-state index contributed by atoms with van der Waals surface area (Å²) < 4.78 is 26.3. The minimum Gasteiger partial charge on any atom is -0.319 e. The maximum Gasteiger partial charge on any atom is 0.243 e. The highest BCUT2D eigenvalue weighted by molar-refractivity contribution is 7.89. The van der Waals surface area contributed by atoms with Gasteiger partial charge in [0.1, 0.15) is 0 Å². The second-order valence-electron chi connectivity index (χ2n) is 4.53. The van der Waals surface area contributed by atoms with E-state index < -0.39 is 10.0 Å². The fourth-order valence-electron chi connectivity index (χ4n) is 2.25. The van der Waals surface area contributed by atoms with E-state index in [1.54, 1.807) is 22.5 Å². The lowest BCUT2D eigenvalue weighted by molar-refractivity contribution is 0.451. The smallest absolute Gasteiger partial charge is 0.243 e. The van der Waals surface area contributed by atoms with Crippen LogP contribution in [-0.4, -0.2) is 39.4 Å². The summed E-state index contributed by atoms with van der Waals surface area (Å²) >= 11 is 5.84. The van der Waals surface area contributed by atoms with Gasteiger partial charge in [0, 0.05) is 18.1 Å². The highest BCUT2D eigenvalue weighted by Gasteiger charge is 2.32. The lowest BCUT2D eigenvalue weighted by Gasteiger charge is -2.16. The van der Waals surface area contributed by atoms with Crippen molar-refractivity contribution >= 4 is 34.0 Å². The van der Waals surface area contributed by atoms with Crippen LogP contribution in [0.5, 0.6) is 0 Å². The molecule has 0 bridgehead atoms. The molecule has 4 nitrogen and oxygen atoms in total. The molecule has 1 aliphatic rings. The molecule has 1 unspecified atom stereocenters. The monoisotopic (exact) mass is 324 g/mol. The topological polar surface area (TPSA) is 49.4 Å². The molecule has 1 N–H and O–H groups in total. The molecular weight excluding hydrogens is 307 g/mol. The predicted octanol–water partition coefficient (Wildman–Crippen LogP) is 1.99. The maximum absolute atomic E-state index is 12.4. The number of sulfonamides is 1. The molecule has 1 fully saturated rings. The van der Waals surface area contributed by atoms with Crippen molar-refractivity contribution in [2.75, 3.05) is 26.7 Å². The fourth-order valence-corrected chi connectivity index (χ4v) is 4.08. The van der Waals surface area contributed by atoms with Crippen molar-refractivity contribution in [3.05, 3.63) is 29.3 Å². The molecule has 0 amide bonds. The van der Waals surface area contributed by atoms with Crippen LogP contribution in [0.1, 0.15) is 6.42 Å². The van der Waals surface area contributed by atoms with Crippen LogP contribution in [-0.2, 0) is 10.0 Å². The summed E-state index contributed by atoms with van der Waals surface area (Å²) in [4.78, 5) is 0.278. The van der Waals surface area contributed by atoms with Crippen LogP contribution in [0, 0.1) is 5.92 Å². The second-order valence-corrected chi connectivity index (χ2v) is 6.91. The molecule has 1 saturated heterocycles. The van der Waals surface area contributed by atoms with Crippen LogP contribution in [0.3, 0.4) is 0 Å². The van der Waals surface area contributed by atoms with Crippen molar-refractivity contribution in [3.8, 4) is 0 Å². The molecule has 0 saturated carbocycles. The SMILES string of the molecule is CNCC1CCN(S(=O)(=O)c2cccc(Cl)c2)C1.Cl. The van der Waals surface area contributed by atoms with Crippen molar-refractivity contribution in [3.63, 3.8) is 0 Å². The van der Waals surface area contributed by atoms with E-state index in [0.29, 0.717) is 24.0 Å². The minimum absolute atomic E-state index is 0. The highest BCUT2D eigenvalue weighted by atomic mass is 35.5. The Hall–Kier alpha value is -0.330. The van der Waals surface area contributed by atoms with Gasteiger partial charge in [-0.15, -0.1) is 12.4 Å². The molecule has 0 aliphatic carbocycles. The number of rotatable bonds is 4. The van der Waals surface area contributed by atoms with Gasteiger partial charge in [0.15, 0.2) is 0 Å². The molecule has 1 heterocycles. The van der Waals surface area contributed by atoms with Gasteiger partial charge >= 0.3 is 0 Å². The summed E-state index contributed by atoms with van der Waals surface area (Å²) in [7, 11) is -1.51. The first-order valence-corrected chi connectivity index (χ1v) is 7.76. The summed E-state index contributed by atoms with van der Waals surface area (Å²) in [6.45, 7) is 2.01. The number of nitrogens with one attached hydrogen (secondary N) is 1. The predicted molar refractivity (Wildman–Crippen MR) is 79.5 cm³/mol. The first-order valence-electron chi connectivity index (χ1n) is 5.94. The Kier molecular flexibility index (Phi) is 6.08. The molecule has 1 aliphatic heterocycles. The lowest BCUT2D eigenvalue weighted by Crippen LogP contribution is -2.30. The molecule has 2 rings (SSSR count). The third kappa shape index (κ3) is 3.83. The molecule has 0 radical (unpaired) electrons. The summed E-state index contributed by atoms with van der Waals surface area (Å²) in [6.07, 6.45) is 0.903. The van der Waals surface area contributed by atoms with Crippen LogP contribution in [0.2, 0.25) is 5.02 Å². The zero-order chi connectivity index (χ0) is 13.2. The molecule has 108 valence electrons. The average Bonchev–Trinajstić information content (AvgIpc) is 2.79. The molecule has 1 atom stereocenters. The Morgan fingerprint density at radius 1 is 1.47 bits per heavy atom. The maximum atomic E-state index is 12.4. The Morgan fingerprint density at radius 3 is 2.84 bits per heavy atom. The normalized spacial score (nSPS) is 20.2. The van der Waals surface area contributed by atoms with Gasteiger partial charge in [0.05, 0.1) is 4.90 Å². The van der Waals surface area contributed by atoms with Gasteiger partial charge < -0.3 is 5.32 Å². The summed E-state index contributed by atoms with van der Waals surface area (Å²) in [5.74, 6) is 0.393. The Balaban J connectivity index is 0.00000180. The number of nitrogens with zero attached hydrogens (tertiary/aromatic N) is 1. The van der Waals surface area contributed by atoms with Gasteiger partial charge in [-0.2, -0.15) is 4.31 Å². The number of hydrogen-bond donors (Lipinski definition) is 1. The summed E-state index contributed by atoms with van der Waals surface area (Å²) in [5, 5.41) is 3.53. The van der Waals surface area contributed by atoms with E-state index in [2.05, 4.69) is 5.32 Å². The van der Waals surface area contributed by atoms with Crippen LogP contribution in [0.4, 0.5) is 0 Å². The molecule has 1 aromatic rings. The molecule has 0 aromatic heterocycles. The van der Waals surface area contributed by atoms with E-state index in [-0.39, 0.29) is 17.3 Å². The number of halogens is 2. The summed E-state index contributed by atoms with van der Waals surface area (Å²) in [5.41, 5.74) is 0. The van der Waals surface area contributed by atoms with Crippen LogP contribution in [0.15, 0.2) is 29.2 Å². The number of hydrogen-bond acceptors (Lipinski definition) is 3. The van der Waals surface area contributed by atoms with E-state index in [4.69, 9.17) is 11.6 Å². The van der Waals surface area contributed by atoms with Gasteiger partial charge in [-0.05, 0) is 44.1 Å². The molecule has 7 heteroatoms. The first-order chi connectivity index (χ1) is 8.54. The quantitative estimate of drug-likeness (QED) is 0.921. The van der Waals surface area contributed by atoms with Gasteiger partial charge in [0.2, 0.25) is 10.0 Å². The molecule has 19 heavy (non-hydrogen) atoms. The van der Waals surface area contributed by atoms with Crippen molar-refractivity contribution < 1.29 is 8.42 Å². The zero-order valence-electron chi connectivity index (χ0n) is 10.7. The van der Waals surface area contributed by atoms with E-state index in [1.165, 1.54) is 6.07 Å². The Bertz CT molecular complexity index is 522. The second kappa shape index (κ2) is 6.90. The third-order valence-corrected chi connectivity index (χ3v) is 5.27. The first kappa shape index (κ1) is 16.7. The number of benzene rings is 1. The molecular formula is C12H18Cl2N2O2S. The van der Waals surface area contributed by atoms with Crippen LogP contribution >= 0.6 is 24.0 Å². The van der Waals surface area contributed by atoms with Crippen LogP contribution in [0.25, 0.3) is 0 Å². The van der Waals surface area contributed by atoms with Gasteiger partial charge in [-0.25, -0.2) is 8.42 Å². The van der Waals surface area contributed by atoms with Gasteiger partial charge in [-0.3, -0.25) is 0 Å². The fraction of sp³-hybridized carbons (Fsp3) is 0.500. The van der Waals surface area contributed by atoms with Crippen LogP contribution < -0.4 is 5.32 Å². The van der Waals surface area contributed by atoms with Crippen molar-refractivity contribution in [1.82, 2.24) is 9.62 Å². The molecule has 0 spiro atoms. The highest BCUT2D eigenvalue weighted by Crippen LogP contribution is 2.25. The van der Waals surface area contributed by atoms with E-state index in [0.717, 1.165) is 13.0 Å². The van der Waals surface area contributed by atoms with E-state index >= 15 is 0 Å². The standard InChI is InChI=1S/C12H17ClN2O2S.ClH/c1-14-8-10-5-6-15(9-10)18(16,17)12-4-2-3-11(13)7-12;/h2-4,7,10,14H,5-6,8-9H2,1H3;1H. The lowest BCUT2D eigenvalue weighted by atomic mass is 10.1. The minimum atomic E-state index is -3.39.